The second-order valence-corrected chi connectivity index (χ2v) is 7.99. The number of hydrogen-bond acceptors (Lipinski definition) is 3. The minimum Gasteiger partial charge on any atom is -0.342 e. The largest absolute Gasteiger partial charge is 0.342 e. The Morgan fingerprint density at radius 1 is 0.968 bits per heavy atom. The summed E-state index contributed by atoms with van der Waals surface area (Å²) in [7, 11) is 0. The van der Waals surface area contributed by atoms with Crippen LogP contribution in [0.2, 0.25) is 0 Å². The monoisotopic (exact) mass is 409 g/mol. The van der Waals surface area contributed by atoms with Crippen molar-refractivity contribution in [1.82, 2.24) is 4.57 Å². The van der Waals surface area contributed by atoms with E-state index in [2.05, 4.69) is 22.0 Å². The highest BCUT2D eigenvalue weighted by molar-refractivity contribution is 6.51. The van der Waals surface area contributed by atoms with Crippen molar-refractivity contribution in [2.45, 2.75) is 25.8 Å². The van der Waals surface area contributed by atoms with Gasteiger partial charge in [-0.05, 0) is 67.3 Å². The van der Waals surface area contributed by atoms with E-state index < -0.39 is 0 Å². The van der Waals surface area contributed by atoms with Gasteiger partial charge in [-0.1, -0.05) is 30.4 Å². The van der Waals surface area contributed by atoms with Crippen LogP contribution >= 0.6 is 0 Å². The number of Topliss-reactive ketones (excluding diaryl/α,β-unsaturated/α-hetero) is 1. The Labute approximate surface area is 181 Å². The summed E-state index contributed by atoms with van der Waals surface area (Å²) in [6.45, 7) is 0.681. The maximum absolute atomic E-state index is 13.4. The lowest BCUT2D eigenvalue weighted by molar-refractivity contribution is -0.120. The Morgan fingerprint density at radius 2 is 1.81 bits per heavy atom. The fourth-order valence-corrected chi connectivity index (χ4v) is 4.17. The van der Waals surface area contributed by atoms with Crippen molar-refractivity contribution in [3.63, 3.8) is 0 Å². The number of allylic oxidation sites excluding steroid dienone is 2. The molecule has 0 saturated heterocycles. The van der Waals surface area contributed by atoms with E-state index in [1.807, 2.05) is 42.6 Å². The molecule has 1 aliphatic carbocycles. The van der Waals surface area contributed by atoms with Crippen LogP contribution in [0.4, 0.5) is 11.4 Å². The number of benzene rings is 2. The topological polar surface area (TPSA) is 63.5 Å². The predicted molar refractivity (Wildman–Crippen MR) is 122 cm³/mol. The molecule has 0 bridgehead atoms. The molecular weight excluding hydrogens is 386 g/mol. The number of amides is 1. The smallest absolute Gasteiger partial charge is 0.227 e. The van der Waals surface area contributed by atoms with Gasteiger partial charge in [0.25, 0.3) is 0 Å². The molecule has 0 radical (unpaired) electrons. The van der Waals surface area contributed by atoms with Crippen molar-refractivity contribution in [3.8, 4) is 0 Å². The number of anilines is 1. The van der Waals surface area contributed by atoms with Crippen molar-refractivity contribution < 1.29 is 9.59 Å². The second kappa shape index (κ2) is 8.19. The van der Waals surface area contributed by atoms with Crippen LogP contribution in [0.25, 0.3) is 0 Å². The van der Waals surface area contributed by atoms with Crippen LogP contribution in [-0.2, 0) is 11.3 Å². The predicted octanol–water partition coefficient (Wildman–Crippen LogP) is 5.15. The average Bonchev–Trinajstić information content (AvgIpc) is 3.20. The van der Waals surface area contributed by atoms with E-state index >= 15 is 0 Å². The molecule has 1 amide bonds. The first kappa shape index (κ1) is 19.2. The molecule has 1 N–H and O–H groups in total. The number of aliphatic imine (C=N–C) groups is 1. The number of nitrogens with one attached hydrogen (secondary N) is 1. The average molecular weight is 409 g/mol. The zero-order chi connectivity index (χ0) is 21.2. The summed E-state index contributed by atoms with van der Waals surface area (Å²) in [6, 6.07) is 18.8. The highest BCUT2D eigenvalue weighted by Crippen LogP contribution is 2.27. The molecule has 0 saturated carbocycles. The zero-order valence-corrected chi connectivity index (χ0v) is 17.1. The summed E-state index contributed by atoms with van der Waals surface area (Å²) in [5.41, 5.74) is 4.39. The Balaban J connectivity index is 1.39. The van der Waals surface area contributed by atoms with E-state index in [9.17, 15) is 9.59 Å². The lowest BCUT2D eigenvalue weighted by Gasteiger charge is -2.17. The first-order valence-corrected chi connectivity index (χ1v) is 10.6. The fraction of sp³-hybridized carbons (Fsp3) is 0.192. The van der Waals surface area contributed by atoms with Gasteiger partial charge in [0, 0.05) is 29.9 Å². The van der Waals surface area contributed by atoms with Crippen LogP contribution in [0, 0.1) is 5.92 Å². The van der Waals surface area contributed by atoms with E-state index in [1.54, 1.807) is 24.3 Å². The molecule has 1 aromatic heterocycles. The van der Waals surface area contributed by atoms with Crippen LogP contribution in [0.5, 0.6) is 0 Å². The Morgan fingerprint density at radius 3 is 2.61 bits per heavy atom. The number of nitrogens with zero attached hydrogens (tertiary/aromatic N) is 2. The lowest BCUT2D eigenvalue weighted by atomic mass is 9.93. The van der Waals surface area contributed by atoms with Crippen molar-refractivity contribution in [1.29, 1.82) is 0 Å². The minimum atomic E-state index is -0.132. The third kappa shape index (κ3) is 3.87. The van der Waals surface area contributed by atoms with Gasteiger partial charge in [0.05, 0.1) is 11.4 Å². The summed E-state index contributed by atoms with van der Waals surface area (Å²) in [4.78, 5) is 30.6. The maximum atomic E-state index is 13.4. The molecule has 2 aromatic carbocycles. The first-order chi connectivity index (χ1) is 15.2. The summed E-state index contributed by atoms with van der Waals surface area (Å²) in [6.07, 6.45) is 8.76. The highest BCUT2D eigenvalue weighted by atomic mass is 16.2. The van der Waals surface area contributed by atoms with Gasteiger partial charge in [0.1, 0.15) is 5.71 Å². The third-order valence-electron chi connectivity index (χ3n) is 5.91. The van der Waals surface area contributed by atoms with Crippen molar-refractivity contribution in [2.75, 3.05) is 5.32 Å². The quantitative estimate of drug-likeness (QED) is 0.479. The molecule has 5 nitrogen and oxygen atoms in total. The summed E-state index contributed by atoms with van der Waals surface area (Å²) in [5, 5.41) is 2.97. The fourth-order valence-electron chi connectivity index (χ4n) is 4.17. The van der Waals surface area contributed by atoms with Gasteiger partial charge in [0.15, 0.2) is 0 Å². The minimum absolute atomic E-state index is 0.0134. The number of hydrogen-bond donors (Lipinski definition) is 1. The van der Waals surface area contributed by atoms with Crippen LogP contribution < -0.4 is 5.32 Å². The molecule has 1 unspecified atom stereocenters. The van der Waals surface area contributed by atoms with Gasteiger partial charge < -0.3 is 9.88 Å². The van der Waals surface area contributed by atoms with Gasteiger partial charge in [0.2, 0.25) is 11.7 Å². The van der Waals surface area contributed by atoms with Crippen LogP contribution in [0.15, 0.2) is 84.0 Å². The Hall–Kier alpha value is -3.73. The van der Waals surface area contributed by atoms with Gasteiger partial charge in [-0.15, -0.1) is 0 Å². The van der Waals surface area contributed by atoms with Crippen LogP contribution in [-0.4, -0.2) is 22.0 Å². The number of aromatic nitrogens is 1. The van der Waals surface area contributed by atoms with E-state index in [0.29, 0.717) is 23.5 Å². The van der Waals surface area contributed by atoms with Crippen molar-refractivity contribution in [3.05, 3.63) is 95.8 Å². The highest BCUT2D eigenvalue weighted by Gasteiger charge is 2.23. The van der Waals surface area contributed by atoms with Gasteiger partial charge in [-0.2, -0.15) is 0 Å². The SMILES string of the molecule is O=C(C1=Nc2ccccc2Cn2cccc21)c1ccc(NC(=O)C2CC=CCC2)cc1. The van der Waals surface area contributed by atoms with Crippen molar-refractivity contribution in [2.24, 2.45) is 10.9 Å². The third-order valence-corrected chi connectivity index (χ3v) is 5.91. The molecule has 1 atom stereocenters. The van der Waals surface area contributed by atoms with E-state index in [1.165, 1.54) is 0 Å². The Bertz CT molecular complexity index is 1200. The van der Waals surface area contributed by atoms with Gasteiger partial charge in [-0.25, -0.2) is 4.99 Å². The van der Waals surface area contributed by atoms with Crippen LogP contribution in [0.1, 0.15) is 40.9 Å². The number of rotatable bonds is 4. The molecular formula is C26H23N3O2. The molecule has 5 heteroatoms. The van der Waals surface area contributed by atoms with Crippen molar-refractivity contribution >= 4 is 28.8 Å². The zero-order valence-electron chi connectivity index (χ0n) is 17.1. The molecule has 3 aromatic rings. The van der Waals surface area contributed by atoms with Gasteiger partial charge >= 0.3 is 0 Å². The molecule has 0 fully saturated rings. The lowest BCUT2D eigenvalue weighted by Crippen LogP contribution is -2.23. The molecule has 31 heavy (non-hydrogen) atoms. The summed E-state index contributed by atoms with van der Waals surface area (Å²) < 4.78 is 2.05. The Kier molecular flexibility index (Phi) is 5.08. The number of ketones is 1. The normalized spacial score (nSPS) is 17.2. The number of carbonyl (C=O) groups is 2. The first-order valence-electron chi connectivity index (χ1n) is 10.6. The maximum Gasteiger partial charge on any atom is 0.227 e. The summed E-state index contributed by atoms with van der Waals surface area (Å²) >= 11 is 0. The van der Waals surface area contributed by atoms with E-state index in [0.717, 1.165) is 36.2 Å². The molecule has 1 aliphatic heterocycles. The van der Waals surface area contributed by atoms with Crippen LogP contribution in [0.3, 0.4) is 0 Å². The second-order valence-electron chi connectivity index (χ2n) is 7.99. The summed E-state index contributed by atoms with van der Waals surface area (Å²) in [5.74, 6) is -0.0857. The van der Waals surface area contributed by atoms with E-state index in [4.69, 9.17) is 4.99 Å². The number of para-hydroxylation sites is 1. The molecule has 2 aliphatic rings. The number of carbonyl (C=O) groups excluding carboxylic acids is 2. The molecule has 0 spiro atoms. The van der Waals surface area contributed by atoms with E-state index in [-0.39, 0.29) is 17.6 Å². The molecule has 5 rings (SSSR count). The molecule has 154 valence electrons. The number of fused-ring (bicyclic) bond motifs is 2. The van der Waals surface area contributed by atoms with Gasteiger partial charge in [-0.3, -0.25) is 9.59 Å². The molecule has 2 heterocycles. The standard InChI is InChI=1S/C26H23N3O2/c30-25(18-12-14-21(15-13-18)27-26(31)19-7-2-1-3-8-19)24-23-11-6-16-29(23)17-20-9-4-5-10-22(20)28-24/h1-2,4-6,9-16,19H,3,7-8,17H2,(H,27,31).